The zero-order valence-corrected chi connectivity index (χ0v) is 19.5. The van der Waals surface area contributed by atoms with Gasteiger partial charge >= 0.3 is 0 Å². The van der Waals surface area contributed by atoms with Crippen LogP contribution in [0.25, 0.3) is 10.8 Å². The van der Waals surface area contributed by atoms with E-state index in [0.29, 0.717) is 42.9 Å². The Kier molecular flexibility index (Phi) is 6.59. The van der Waals surface area contributed by atoms with Gasteiger partial charge in [0.1, 0.15) is 6.54 Å². The molecule has 0 bridgehead atoms. The van der Waals surface area contributed by atoms with E-state index in [0.717, 1.165) is 16.6 Å². The third-order valence-electron chi connectivity index (χ3n) is 5.90. The number of anilines is 1. The highest BCUT2D eigenvalue weighted by molar-refractivity contribution is 7.89. The minimum Gasteiger partial charge on any atom is -0.324 e. The van der Waals surface area contributed by atoms with E-state index in [4.69, 9.17) is 0 Å². The molecule has 0 saturated carbocycles. The van der Waals surface area contributed by atoms with E-state index in [1.165, 1.54) is 16.4 Å². The Morgan fingerprint density at radius 1 is 1.00 bits per heavy atom. The molecule has 174 valence electrons. The summed E-state index contributed by atoms with van der Waals surface area (Å²) in [6.45, 7) is 6.86. The van der Waals surface area contributed by atoms with E-state index in [1.54, 1.807) is 31.2 Å². The second-order valence-corrected chi connectivity index (χ2v) is 9.94. The van der Waals surface area contributed by atoms with Crippen molar-refractivity contribution in [2.24, 2.45) is 0 Å². The summed E-state index contributed by atoms with van der Waals surface area (Å²) >= 11 is 0. The van der Waals surface area contributed by atoms with Crippen LogP contribution in [0, 0.1) is 6.92 Å². The lowest BCUT2D eigenvalue weighted by Gasteiger charge is -2.33. The van der Waals surface area contributed by atoms with Crippen LogP contribution in [0.15, 0.2) is 58.2 Å². The maximum absolute atomic E-state index is 12.9. The topological polar surface area (TPSA) is 105 Å². The number of hydrogen-bond donors (Lipinski definition) is 1. The van der Waals surface area contributed by atoms with E-state index in [-0.39, 0.29) is 17.0 Å². The number of hydrogen-bond acceptors (Lipinski definition) is 6. The summed E-state index contributed by atoms with van der Waals surface area (Å²) in [4.78, 5) is 27.6. The number of aryl methyl sites for hydroxylation is 1. The summed E-state index contributed by atoms with van der Waals surface area (Å²) in [5, 5.41) is 8.21. The van der Waals surface area contributed by atoms with Crippen molar-refractivity contribution in [2.75, 3.05) is 38.0 Å². The monoisotopic (exact) mass is 469 g/mol. The summed E-state index contributed by atoms with van der Waals surface area (Å²) in [7, 11) is -3.58. The van der Waals surface area contributed by atoms with Gasteiger partial charge in [0.2, 0.25) is 15.9 Å². The van der Waals surface area contributed by atoms with Crippen LogP contribution in [0.2, 0.25) is 0 Å². The number of piperazine rings is 1. The lowest BCUT2D eigenvalue weighted by atomic mass is 10.1. The fourth-order valence-corrected chi connectivity index (χ4v) is 5.42. The molecule has 0 radical (unpaired) electrons. The molecular weight excluding hydrogens is 442 g/mol. The van der Waals surface area contributed by atoms with Crippen LogP contribution in [0.1, 0.15) is 12.6 Å². The van der Waals surface area contributed by atoms with Crippen molar-refractivity contribution in [3.8, 4) is 0 Å². The minimum absolute atomic E-state index is 0.188. The number of aromatic nitrogens is 2. The van der Waals surface area contributed by atoms with E-state index in [2.05, 4.69) is 22.2 Å². The number of fused-ring (bicyclic) bond motifs is 1. The average Bonchev–Trinajstić information content (AvgIpc) is 2.82. The molecule has 1 saturated heterocycles. The van der Waals surface area contributed by atoms with Crippen LogP contribution in [0.3, 0.4) is 0 Å². The molecule has 2 heterocycles. The molecule has 1 aliphatic heterocycles. The van der Waals surface area contributed by atoms with Crippen LogP contribution >= 0.6 is 0 Å². The van der Waals surface area contributed by atoms with Gasteiger partial charge in [0.05, 0.1) is 16.0 Å². The van der Waals surface area contributed by atoms with E-state index in [9.17, 15) is 18.0 Å². The smallest absolute Gasteiger partial charge is 0.275 e. The van der Waals surface area contributed by atoms with E-state index >= 15 is 0 Å². The van der Waals surface area contributed by atoms with Crippen LogP contribution in [-0.2, 0) is 21.4 Å². The van der Waals surface area contributed by atoms with Gasteiger partial charge < -0.3 is 10.2 Å². The molecule has 1 amide bonds. The van der Waals surface area contributed by atoms with Crippen molar-refractivity contribution in [1.82, 2.24) is 19.0 Å². The number of nitrogens with zero attached hydrogens (tertiary/aromatic N) is 4. The van der Waals surface area contributed by atoms with Gasteiger partial charge in [0.15, 0.2) is 0 Å². The van der Waals surface area contributed by atoms with Crippen molar-refractivity contribution >= 4 is 32.4 Å². The second-order valence-electron chi connectivity index (χ2n) is 8.00. The first kappa shape index (κ1) is 23.1. The molecule has 10 heteroatoms. The lowest BCUT2D eigenvalue weighted by molar-refractivity contribution is -0.117. The van der Waals surface area contributed by atoms with Crippen molar-refractivity contribution < 1.29 is 13.2 Å². The Morgan fingerprint density at radius 3 is 2.27 bits per heavy atom. The normalized spacial score (nSPS) is 15.6. The summed E-state index contributed by atoms with van der Waals surface area (Å²) in [5.74, 6) is -0.425. The summed E-state index contributed by atoms with van der Waals surface area (Å²) in [6.07, 6.45) is 0. The number of likely N-dealkylation sites (N-methyl/N-ethyl adjacent to an activating group) is 1. The summed E-state index contributed by atoms with van der Waals surface area (Å²) in [6, 6.07) is 13.2. The molecule has 2 aromatic carbocycles. The van der Waals surface area contributed by atoms with Crippen LogP contribution in [0.5, 0.6) is 0 Å². The fraction of sp³-hybridized carbons (Fsp3) is 0.348. The first-order valence-corrected chi connectivity index (χ1v) is 12.3. The van der Waals surface area contributed by atoms with Crippen LogP contribution < -0.4 is 10.9 Å². The molecule has 0 atom stereocenters. The molecule has 4 rings (SSSR count). The zero-order chi connectivity index (χ0) is 23.6. The van der Waals surface area contributed by atoms with Crippen molar-refractivity contribution in [3.05, 3.63) is 64.6 Å². The van der Waals surface area contributed by atoms with Crippen LogP contribution in [0.4, 0.5) is 5.69 Å². The largest absolute Gasteiger partial charge is 0.324 e. The number of sulfonamides is 1. The van der Waals surface area contributed by atoms with Gasteiger partial charge in [-0.3, -0.25) is 9.59 Å². The molecule has 0 spiro atoms. The quantitative estimate of drug-likeness (QED) is 0.589. The maximum Gasteiger partial charge on any atom is 0.275 e. The number of rotatable bonds is 6. The average molecular weight is 470 g/mol. The highest BCUT2D eigenvalue weighted by atomic mass is 32.2. The number of benzene rings is 2. The number of carbonyl (C=O) groups excluding carboxylic acids is 1. The molecule has 1 aromatic heterocycles. The predicted molar refractivity (Wildman–Crippen MR) is 127 cm³/mol. The minimum atomic E-state index is -3.58. The van der Waals surface area contributed by atoms with E-state index < -0.39 is 15.9 Å². The zero-order valence-electron chi connectivity index (χ0n) is 18.7. The number of nitrogens with one attached hydrogen (secondary N) is 1. The Morgan fingerprint density at radius 2 is 1.64 bits per heavy atom. The third kappa shape index (κ3) is 4.82. The van der Waals surface area contributed by atoms with Gasteiger partial charge in [0, 0.05) is 37.3 Å². The molecule has 0 unspecified atom stereocenters. The van der Waals surface area contributed by atoms with Crippen LogP contribution in [-0.4, -0.2) is 66.0 Å². The fourth-order valence-electron chi connectivity index (χ4n) is 3.99. The lowest BCUT2D eigenvalue weighted by Crippen LogP contribution is -2.48. The molecule has 3 aromatic rings. The Balaban J connectivity index is 1.44. The van der Waals surface area contributed by atoms with E-state index in [1.807, 2.05) is 12.1 Å². The highest BCUT2D eigenvalue weighted by Gasteiger charge is 2.27. The van der Waals surface area contributed by atoms with Crippen molar-refractivity contribution in [2.45, 2.75) is 25.3 Å². The first-order chi connectivity index (χ1) is 15.8. The molecule has 1 N–H and O–H groups in total. The Bertz CT molecular complexity index is 1330. The standard InChI is InChI=1S/C23H27N5O4S/c1-3-26-12-14-27(15-13-26)33(31,32)19-10-8-18(9-11-19)24-22(29)16-28-23(30)21-7-5-4-6-20(21)17(2)25-28/h4-11H,3,12-16H2,1-2H3,(H,24,29). The van der Waals surface area contributed by atoms with Gasteiger partial charge in [-0.05, 0) is 43.8 Å². The molecule has 0 aliphatic carbocycles. The van der Waals surface area contributed by atoms with Gasteiger partial charge in [0.25, 0.3) is 5.56 Å². The van der Waals surface area contributed by atoms with Gasteiger partial charge in [-0.2, -0.15) is 9.40 Å². The second kappa shape index (κ2) is 9.42. The highest BCUT2D eigenvalue weighted by Crippen LogP contribution is 2.20. The Hall–Kier alpha value is -3.08. The van der Waals surface area contributed by atoms with Crippen molar-refractivity contribution in [3.63, 3.8) is 0 Å². The predicted octanol–water partition coefficient (Wildman–Crippen LogP) is 1.67. The maximum atomic E-state index is 12.9. The molecule has 1 aliphatic rings. The molecule has 1 fully saturated rings. The Labute approximate surface area is 192 Å². The molecule has 33 heavy (non-hydrogen) atoms. The third-order valence-corrected chi connectivity index (χ3v) is 7.81. The first-order valence-electron chi connectivity index (χ1n) is 10.9. The SMILES string of the molecule is CCN1CCN(S(=O)(=O)c2ccc(NC(=O)Cn3nc(C)c4ccccc4c3=O)cc2)CC1. The molecular formula is C23H27N5O4S. The van der Waals surface area contributed by atoms with Crippen molar-refractivity contribution in [1.29, 1.82) is 0 Å². The van der Waals surface area contributed by atoms with Gasteiger partial charge in [-0.25, -0.2) is 13.1 Å². The van der Waals surface area contributed by atoms with Gasteiger partial charge in [-0.1, -0.05) is 25.1 Å². The number of carbonyl (C=O) groups is 1. The summed E-state index contributed by atoms with van der Waals surface area (Å²) < 4.78 is 28.4. The number of amides is 1. The molecule has 9 nitrogen and oxygen atoms in total. The van der Waals surface area contributed by atoms with Gasteiger partial charge in [-0.15, -0.1) is 0 Å². The summed E-state index contributed by atoms with van der Waals surface area (Å²) in [5.41, 5.74) is 0.767.